The Kier molecular flexibility index (Phi) is 9.87. The number of anilines is 1. The summed E-state index contributed by atoms with van der Waals surface area (Å²) in [6.07, 6.45) is 10.3. The van der Waals surface area contributed by atoms with E-state index in [0.717, 1.165) is 63.7 Å². The first-order chi connectivity index (χ1) is 22.0. The second-order valence-corrected chi connectivity index (χ2v) is 15.0. The number of rotatable bonds is 6. The lowest BCUT2D eigenvalue weighted by atomic mass is 9.84. The van der Waals surface area contributed by atoms with Crippen LogP contribution in [-0.4, -0.2) is 106 Å². The van der Waals surface area contributed by atoms with Gasteiger partial charge in [0.15, 0.2) is 0 Å². The predicted molar refractivity (Wildman–Crippen MR) is 184 cm³/mol. The number of nitrogen functional groups attached to an aromatic ring is 1. The van der Waals surface area contributed by atoms with Crippen molar-refractivity contribution in [3.63, 3.8) is 0 Å². The number of likely N-dealkylation sites (tertiary alicyclic amines) is 1. The van der Waals surface area contributed by atoms with Crippen molar-refractivity contribution in [1.29, 1.82) is 0 Å². The minimum absolute atomic E-state index is 0.177. The second kappa shape index (κ2) is 13.9. The van der Waals surface area contributed by atoms with Gasteiger partial charge >= 0.3 is 6.09 Å². The summed E-state index contributed by atoms with van der Waals surface area (Å²) in [6, 6.07) is 8.47. The van der Waals surface area contributed by atoms with Gasteiger partial charge in [-0.1, -0.05) is 12.1 Å². The number of aromatic nitrogens is 1. The summed E-state index contributed by atoms with van der Waals surface area (Å²) in [5.74, 6) is 1.59. The number of piperidine rings is 1. The zero-order valence-corrected chi connectivity index (χ0v) is 28.1. The minimum Gasteiger partial charge on any atom is -0.507 e. The van der Waals surface area contributed by atoms with E-state index in [9.17, 15) is 9.90 Å². The molecule has 3 fully saturated rings. The van der Waals surface area contributed by atoms with Crippen LogP contribution in [0.25, 0.3) is 11.8 Å². The molecule has 0 atom stereocenters. The summed E-state index contributed by atoms with van der Waals surface area (Å²) in [7, 11) is 0. The van der Waals surface area contributed by atoms with Crippen molar-refractivity contribution in [3.8, 4) is 5.75 Å². The van der Waals surface area contributed by atoms with E-state index in [-0.39, 0.29) is 11.8 Å². The standard InChI is InChI=1S/C36H55N7O3/c1-36(2,3)46-35(45)42-20-18-40(19-21-42)23-25-8-10-26(11-9-25)41-15-12-27(13-16-41)43-17-14-32-30(24-43)29(34(38)39-32)22-31(37)28-6-4-5-7-33(28)44/h4-7,22,25-27,39,44H,8-21,23-24,37-38H2,1-3H3/b31-22-. The molecule has 1 aromatic carbocycles. The van der Waals surface area contributed by atoms with Gasteiger partial charge in [0.1, 0.15) is 17.2 Å². The SMILES string of the molecule is CC(C)(C)OC(=O)N1CCN(CC2CCC(N3CCC(N4CCc5[nH]c(N)c(/C=C(\N)c6ccccc6O)c5C4)CC3)CC2)CC1. The van der Waals surface area contributed by atoms with Gasteiger partial charge in [-0.05, 0) is 102 Å². The van der Waals surface area contributed by atoms with E-state index in [1.54, 1.807) is 12.1 Å². The number of hydrogen-bond acceptors (Lipinski definition) is 8. The molecular formula is C36H55N7O3. The summed E-state index contributed by atoms with van der Waals surface area (Å²) in [5.41, 5.74) is 17.0. The topological polar surface area (TPSA) is 127 Å². The van der Waals surface area contributed by atoms with Crippen molar-refractivity contribution in [1.82, 2.24) is 24.6 Å². The number of phenolic OH excluding ortho intramolecular Hbond substituents is 1. The molecule has 6 N–H and O–H groups in total. The Hall–Kier alpha value is -3.21. The number of carbonyl (C=O) groups is 1. The average Bonchev–Trinajstić information content (AvgIpc) is 3.35. The molecule has 1 amide bonds. The summed E-state index contributed by atoms with van der Waals surface area (Å²) < 4.78 is 5.56. The molecule has 2 aromatic rings. The van der Waals surface area contributed by atoms with Crippen LogP contribution in [-0.2, 0) is 17.7 Å². The maximum atomic E-state index is 12.4. The molecule has 4 aliphatic rings. The number of piperazine rings is 1. The molecule has 4 heterocycles. The molecule has 0 radical (unpaired) electrons. The van der Waals surface area contributed by atoms with Gasteiger partial charge in [-0.3, -0.25) is 9.80 Å². The molecule has 3 aliphatic heterocycles. The van der Waals surface area contributed by atoms with Crippen LogP contribution in [0.4, 0.5) is 10.6 Å². The smallest absolute Gasteiger partial charge is 0.410 e. The fourth-order valence-electron chi connectivity index (χ4n) is 8.10. The number of aromatic amines is 1. The number of hydrogen-bond donors (Lipinski definition) is 4. The van der Waals surface area contributed by atoms with E-state index in [1.165, 1.54) is 62.9 Å². The number of phenols is 1. The number of nitrogens with two attached hydrogens (primary N) is 2. The molecule has 0 spiro atoms. The number of H-pyrrole nitrogens is 1. The fraction of sp³-hybridized carbons (Fsp3) is 0.639. The van der Waals surface area contributed by atoms with Crippen molar-refractivity contribution < 1.29 is 14.6 Å². The third-order valence-electron chi connectivity index (χ3n) is 10.7. The number of carbonyl (C=O) groups excluding carboxylic acids is 1. The van der Waals surface area contributed by atoms with Crippen LogP contribution < -0.4 is 11.5 Å². The van der Waals surface area contributed by atoms with E-state index in [0.29, 0.717) is 29.2 Å². The van der Waals surface area contributed by atoms with E-state index in [4.69, 9.17) is 16.2 Å². The predicted octanol–water partition coefficient (Wildman–Crippen LogP) is 4.69. The largest absolute Gasteiger partial charge is 0.507 e. The van der Waals surface area contributed by atoms with Crippen molar-refractivity contribution in [2.45, 2.75) is 89.9 Å². The first kappa shape index (κ1) is 32.7. The third kappa shape index (κ3) is 7.66. The number of para-hydroxylation sites is 1. The molecule has 0 unspecified atom stereocenters. The van der Waals surface area contributed by atoms with Crippen LogP contribution in [0.3, 0.4) is 0 Å². The van der Waals surface area contributed by atoms with Gasteiger partial charge < -0.3 is 36.1 Å². The Balaban J connectivity index is 0.949. The maximum absolute atomic E-state index is 12.4. The number of amides is 1. The maximum Gasteiger partial charge on any atom is 0.410 e. The van der Waals surface area contributed by atoms with Crippen LogP contribution in [0.15, 0.2) is 24.3 Å². The fourth-order valence-corrected chi connectivity index (χ4v) is 8.10. The Morgan fingerprint density at radius 2 is 1.63 bits per heavy atom. The number of fused-ring (bicyclic) bond motifs is 1. The first-order valence-corrected chi connectivity index (χ1v) is 17.5. The second-order valence-electron chi connectivity index (χ2n) is 15.0. The van der Waals surface area contributed by atoms with Crippen molar-refractivity contribution in [2.75, 3.05) is 58.1 Å². The Bertz CT molecular complexity index is 1370. The molecular weight excluding hydrogens is 578 g/mol. The van der Waals surface area contributed by atoms with Gasteiger partial charge in [0, 0.05) is 86.8 Å². The number of nitrogens with one attached hydrogen (secondary N) is 1. The van der Waals surface area contributed by atoms with Gasteiger partial charge in [-0.15, -0.1) is 0 Å². The number of ether oxygens (including phenoxy) is 1. The summed E-state index contributed by atoms with van der Waals surface area (Å²) in [4.78, 5) is 25.7. The van der Waals surface area contributed by atoms with Crippen molar-refractivity contribution >= 4 is 23.7 Å². The first-order valence-electron chi connectivity index (χ1n) is 17.5. The average molecular weight is 634 g/mol. The molecule has 6 rings (SSSR count). The lowest BCUT2D eigenvalue weighted by molar-refractivity contribution is 0.0116. The Morgan fingerprint density at radius 1 is 0.957 bits per heavy atom. The molecule has 2 saturated heterocycles. The van der Waals surface area contributed by atoms with Crippen molar-refractivity contribution in [3.05, 3.63) is 46.6 Å². The lowest BCUT2D eigenvalue weighted by Gasteiger charge is -2.45. The lowest BCUT2D eigenvalue weighted by Crippen LogP contribution is -2.52. The minimum atomic E-state index is -0.440. The van der Waals surface area contributed by atoms with Crippen LogP contribution in [0.1, 0.15) is 81.7 Å². The molecule has 252 valence electrons. The van der Waals surface area contributed by atoms with Crippen LogP contribution in [0.5, 0.6) is 5.75 Å². The highest BCUT2D eigenvalue weighted by Crippen LogP contribution is 2.35. The highest BCUT2D eigenvalue weighted by molar-refractivity contribution is 5.86. The van der Waals surface area contributed by atoms with E-state index in [2.05, 4.69) is 19.7 Å². The molecule has 0 bridgehead atoms. The summed E-state index contributed by atoms with van der Waals surface area (Å²) in [5, 5.41) is 10.3. The molecule has 1 aromatic heterocycles. The van der Waals surface area contributed by atoms with Gasteiger partial charge in [0.2, 0.25) is 0 Å². The van der Waals surface area contributed by atoms with Crippen LogP contribution in [0.2, 0.25) is 0 Å². The number of benzene rings is 1. The zero-order valence-electron chi connectivity index (χ0n) is 28.1. The highest BCUT2D eigenvalue weighted by Gasteiger charge is 2.34. The van der Waals surface area contributed by atoms with Crippen molar-refractivity contribution in [2.24, 2.45) is 11.7 Å². The molecule has 10 nitrogen and oxygen atoms in total. The normalized spacial score (nSPS) is 24.6. The Labute approximate surface area is 274 Å². The van der Waals surface area contributed by atoms with Crippen LogP contribution >= 0.6 is 0 Å². The van der Waals surface area contributed by atoms with E-state index < -0.39 is 5.60 Å². The molecule has 1 saturated carbocycles. The van der Waals surface area contributed by atoms with Gasteiger partial charge in [-0.2, -0.15) is 0 Å². The molecule has 10 heteroatoms. The van der Waals surface area contributed by atoms with Gasteiger partial charge in [0.05, 0.1) is 0 Å². The van der Waals surface area contributed by atoms with Crippen LogP contribution in [0, 0.1) is 5.92 Å². The van der Waals surface area contributed by atoms with Gasteiger partial charge in [0.25, 0.3) is 0 Å². The summed E-state index contributed by atoms with van der Waals surface area (Å²) >= 11 is 0. The number of nitrogens with zero attached hydrogens (tertiary/aromatic N) is 4. The van der Waals surface area contributed by atoms with Gasteiger partial charge in [-0.25, -0.2) is 4.79 Å². The molecule has 46 heavy (non-hydrogen) atoms. The zero-order chi connectivity index (χ0) is 32.4. The Morgan fingerprint density at radius 3 is 2.30 bits per heavy atom. The molecule has 1 aliphatic carbocycles. The highest BCUT2D eigenvalue weighted by atomic mass is 16.6. The van der Waals surface area contributed by atoms with E-state index in [1.807, 2.05) is 43.9 Å². The third-order valence-corrected chi connectivity index (χ3v) is 10.7. The summed E-state index contributed by atoms with van der Waals surface area (Å²) in [6.45, 7) is 14.6. The number of aromatic hydroxyl groups is 1. The quantitative estimate of drug-likeness (QED) is 0.361. The monoisotopic (exact) mass is 633 g/mol. The van der Waals surface area contributed by atoms with E-state index >= 15 is 0 Å².